The van der Waals surface area contributed by atoms with E-state index in [4.69, 9.17) is 23.2 Å². The fourth-order valence-corrected chi connectivity index (χ4v) is 6.03. The van der Waals surface area contributed by atoms with Gasteiger partial charge in [-0.1, -0.05) is 41.4 Å². The highest BCUT2D eigenvalue weighted by Gasteiger charge is 2.28. The minimum Gasteiger partial charge on any atom is -0.207 e. The molecule has 0 aromatic heterocycles. The average Bonchev–Trinajstić information content (AvgIpc) is 2.82. The summed E-state index contributed by atoms with van der Waals surface area (Å²) in [7, 11) is -3.49. The quantitative estimate of drug-likeness (QED) is 0.736. The molecule has 3 rings (SSSR count). The van der Waals surface area contributed by atoms with Gasteiger partial charge in [0.05, 0.1) is 4.90 Å². The number of benzene rings is 2. The smallest absolute Gasteiger partial charge is 0.207 e. The molecule has 1 aliphatic rings. The van der Waals surface area contributed by atoms with Gasteiger partial charge in [-0.25, -0.2) is 8.42 Å². The van der Waals surface area contributed by atoms with Crippen LogP contribution in [-0.2, 0) is 10.0 Å². The average molecular weight is 402 g/mol. The molecule has 24 heavy (non-hydrogen) atoms. The zero-order valence-corrected chi connectivity index (χ0v) is 16.0. The molecular formula is C17H17Cl2NO2S2. The first-order chi connectivity index (χ1) is 11.5. The lowest BCUT2D eigenvalue weighted by Gasteiger charge is -2.20. The number of rotatable bonds is 3. The van der Waals surface area contributed by atoms with Gasteiger partial charge in [-0.05, 0) is 42.3 Å². The summed E-state index contributed by atoms with van der Waals surface area (Å²) in [6.45, 7) is 0.977. The summed E-state index contributed by atoms with van der Waals surface area (Å²) in [5, 5.41) is 1.48. The first-order valence-corrected chi connectivity index (χ1v) is 10.8. The molecule has 2 aromatic carbocycles. The Morgan fingerprint density at radius 3 is 2.42 bits per heavy atom. The van der Waals surface area contributed by atoms with Gasteiger partial charge < -0.3 is 0 Å². The van der Waals surface area contributed by atoms with Gasteiger partial charge in [0.1, 0.15) is 0 Å². The first-order valence-electron chi connectivity index (χ1n) is 7.60. The Hall–Kier alpha value is -0.720. The molecule has 1 atom stereocenters. The summed E-state index contributed by atoms with van der Waals surface area (Å²) in [6, 6.07) is 14.1. The molecule has 3 nitrogen and oxygen atoms in total. The van der Waals surface area contributed by atoms with Gasteiger partial charge in [0.2, 0.25) is 10.0 Å². The second-order valence-electron chi connectivity index (χ2n) is 5.53. The SMILES string of the molecule is O=S(=O)(c1ccc(Cl)cc1)N1CCSC(c2ccccc2Cl)CC1. The zero-order chi connectivity index (χ0) is 17.2. The van der Waals surface area contributed by atoms with Gasteiger partial charge in [-0.3, -0.25) is 0 Å². The maximum Gasteiger partial charge on any atom is 0.243 e. The minimum atomic E-state index is -3.49. The van der Waals surface area contributed by atoms with E-state index >= 15 is 0 Å². The van der Waals surface area contributed by atoms with Crippen molar-refractivity contribution in [2.75, 3.05) is 18.8 Å². The van der Waals surface area contributed by atoms with E-state index in [1.165, 1.54) is 0 Å². The monoisotopic (exact) mass is 401 g/mol. The van der Waals surface area contributed by atoms with E-state index < -0.39 is 10.0 Å². The third kappa shape index (κ3) is 3.92. The first kappa shape index (κ1) is 18.1. The fourth-order valence-electron chi connectivity index (χ4n) is 2.73. The second-order valence-corrected chi connectivity index (χ2v) is 9.62. The zero-order valence-electron chi connectivity index (χ0n) is 12.9. The molecule has 1 aliphatic heterocycles. The van der Waals surface area contributed by atoms with Crippen LogP contribution in [0.25, 0.3) is 0 Å². The van der Waals surface area contributed by atoms with Crippen molar-refractivity contribution in [3.05, 3.63) is 64.1 Å². The van der Waals surface area contributed by atoms with Crippen molar-refractivity contribution in [2.45, 2.75) is 16.6 Å². The number of hydrogen-bond donors (Lipinski definition) is 0. The summed E-state index contributed by atoms with van der Waals surface area (Å²) in [4.78, 5) is 0.285. The van der Waals surface area contributed by atoms with Gasteiger partial charge in [0.25, 0.3) is 0 Å². The molecule has 0 saturated carbocycles. The predicted octanol–water partition coefficient (Wildman–Crippen LogP) is 4.86. The molecule has 0 N–H and O–H groups in total. The Morgan fingerprint density at radius 1 is 1.00 bits per heavy atom. The van der Waals surface area contributed by atoms with Crippen LogP contribution in [0.5, 0.6) is 0 Å². The van der Waals surface area contributed by atoms with Gasteiger partial charge >= 0.3 is 0 Å². The summed E-state index contributed by atoms with van der Waals surface area (Å²) < 4.78 is 27.2. The van der Waals surface area contributed by atoms with Crippen LogP contribution in [0.15, 0.2) is 53.4 Å². The van der Waals surface area contributed by atoms with Crippen LogP contribution in [-0.4, -0.2) is 31.6 Å². The fraction of sp³-hybridized carbons (Fsp3) is 0.294. The van der Waals surface area contributed by atoms with Gasteiger partial charge in [0.15, 0.2) is 0 Å². The van der Waals surface area contributed by atoms with Crippen LogP contribution < -0.4 is 0 Å². The number of nitrogens with zero attached hydrogens (tertiary/aromatic N) is 1. The summed E-state index contributed by atoms with van der Waals surface area (Å²) >= 11 is 13.9. The lowest BCUT2D eigenvalue weighted by atomic mass is 10.1. The summed E-state index contributed by atoms with van der Waals surface area (Å²) in [5.41, 5.74) is 1.08. The Morgan fingerprint density at radius 2 is 1.71 bits per heavy atom. The maximum atomic E-state index is 12.8. The molecule has 2 aromatic rings. The normalized spacial score (nSPS) is 19.8. The molecule has 0 amide bonds. The lowest BCUT2D eigenvalue weighted by molar-refractivity contribution is 0.428. The Balaban J connectivity index is 1.78. The van der Waals surface area contributed by atoms with Crippen LogP contribution in [0.4, 0.5) is 0 Å². The van der Waals surface area contributed by atoms with Crippen LogP contribution in [0.2, 0.25) is 10.0 Å². The van der Waals surface area contributed by atoms with Crippen molar-refractivity contribution >= 4 is 45.0 Å². The van der Waals surface area contributed by atoms with E-state index in [-0.39, 0.29) is 10.1 Å². The molecular weight excluding hydrogens is 385 g/mol. The van der Waals surface area contributed by atoms with E-state index in [1.54, 1.807) is 40.3 Å². The van der Waals surface area contributed by atoms with Crippen molar-refractivity contribution in [3.63, 3.8) is 0 Å². The molecule has 0 radical (unpaired) electrons. The standard InChI is InChI=1S/C17H17Cl2NO2S2/c18-13-5-7-14(8-6-13)24(21,22)20-10-9-17(23-12-11-20)15-3-1-2-4-16(15)19/h1-8,17H,9-12H2. The highest BCUT2D eigenvalue weighted by molar-refractivity contribution is 7.99. The molecule has 0 aliphatic carbocycles. The number of sulfonamides is 1. The Bertz CT molecular complexity index is 810. The second kappa shape index (κ2) is 7.67. The topological polar surface area (TPSA) is 37.4 Å². The molecule has 0 bridgehead atoms. The summed E-state index contributed by atoms with van der Waals surface area (Å²) in [6.07, 6.45) is 0.737. The maximum absolute atomic E-state index is 12.8. The molecule has 1 saturated heterocycles. The molecule has 1 fully saturated rings. The molecule has 1 unspecified atom stereocenters. The van der Waals surface area contributed by atoms with Crippen LogP contribution >= 0.6 is 35.0 Å². The minimum absolute atomic E-state index is 0.212. The highest BCUT2D eigenvalue weighted by atomic mass is 35.5. The highest BCUT2D eigenvalue weighted by Crippen LogP contribution is 2.38. The Kier molecular flexibility index (Phi) is 5.78. The largest absolute Gasteiger partial charge is 0.243 e. The van der Waals surface area contributed by atoms with E-state index in [9.17, 15) is 8.42 Å². The van der Waals surface area contributed by atoms with Crippen LogP contribution in [0.1, 0.15) is 17.2 Å². The number of hydrogen-bond acceptors (Lipinski definition) is 3. The Labute approximate surface area is 157 Å². The molecule has 0 spiro atoms. The van der Waals surface area contributed by atoms with Crippen molar-refractivity contribution in [1.82, 2.24) is 4.31 Å². The molecule has 7 heteroatoms. The van der Waals surface area contributed by atoms with Crippen LogP contribution in [0, 0.1) is 0 Å². The van der Waals surface area contributed by atoms with Crippen molar-refractivity contribution in [3.8, 4) is 0 Å². The molecule has 128 valence electrons. The third-order valence-corrected chi connectivity index (χ3v) is 7.82. The number of thioether (sulfide) groups is 1. The third-order valence-electron chi connectivity index (χ3n) is 4.00. The van der Waals surface area contributed by atoms with Crippen molar-refractivity contribution in [2.24, 2.45) is 0 Å². The van der Waals surface area contributed by atoms with Crippen molar-refractivity contribution < 1.29 is 8.42 Å². The van der Waals surface area contributed by atoms with Gasteiger partial charge in [0, 0.05) is 34.1 Å². The van der Waals surface area contributed by atoms with Crippen molar-refractivity contribution in [1.29, 1.82) is 0 Å². The number of halogens is 2. The van der Waals surface area contributed by atoms with E-state index in [1.807, 2.05) is 24.3 Å². The van der Waals surface area contributed by atoms with Crippen LogP contribution in [0.3, 0.4) is 0 Å². The van der Waals surface area contributed by atoms with Gasteiger partial charge in [-0.2, -0.15) is 16.1 Å². The molecule has 1 heterocycles. The van der Waals surface area contributed by atoms with E-state index in [0.717, 1.165) is 22.8 Å². The lowest BCUT2D eigenvalue weighted by Crippen LogP contribution is -2.33. The van der Waals surface area contributed by atoms with Gasteiger partial charge in [-0.15, -0.1) is 0 Å². The van der Waals surface area contributed by atoms with E-state index in [0.29, 0.717) is 18.1 Å². The predicted molar refractivity (Wildman–Crippen MR) is 101 cm³/mol. The summed E-state index contributed by atoms with van der Waals surface area (Å²) in [5.74, 6) is 0.739. The van der Waals surface area contributed by atoms with E-state index in [2.05, 4.69) is 0 Å².